The lowest BCUT2D eigenvalue weighted by Gasteiger charge is -2.16. The maximum atomic E-state index is 12.4. The quantitative estimate of drug-likeness (QED) is 0.732. The van der Waals surface area contributed by atoms with Crippen LogP contribution in [0.1, 0.15) is 63.8 Å². The second kappa shape index (κ2) is 7.71. The normalized spacial score (nSPS) is 14.4. The zero-order valence-electron chi connectivity index (χ0n) is 14.2. The highest BCUT2D eigenvalue weighted by atomic mass is 32.1. The molecule has 1 heterocycles. The van der Waals surface area contributed by atoms with Gasteiger partial charge in [0.25, 0.3) is 0 Å². The largest absolute Gasteiger partial charge is 0.298 e. The van der Waals surface area contributed by atoms with Crippen molar-refractivity contribution in [1.82, 2.24) is 4.98 Å². The van der Waals surface area contributed by atoms with Gasteiger partial charge in [-0.15, -0.1) is 11.3 Å². The van der Waals surface area contributed by atoms with Gasteiger partial charge in [0.1, 0.15) is 5.01 Å². The van der Waals surface area contributed by atoms with E-state index in [0.29, 0.717) is 10.6 Å². The van der Waals surface area contributed by atoms with Crippen molar-refractivity contribution in [2.45, 2.75) is 51.4 Å². The molecule has 0 saturated carbocycles. The van der Waals surface area contributed by atoms with E-state index in [-0.39, 0.29) is 24.4 Å². The van der Waals surface area contributed by atoms with Crippen LogP contribution in [0.2, 0.25) is 0 Å². The number of hydrogen-bond donors (Lipinski definition) is 0. The van der Waals surface area contributed by atoms with Crippen molar-refractivity contribution in [1.29, 1.82) is 5.26 Å². The van der Waals surface area contributed by atoms with Crippen molar-refractivity contribution < 1.29 is 9.59 Å². The minimum Gasteiger partial charge on any atom is -0.298 e. The Hall–Kier alpha value is -2.32. The van der Waals surface area contributed by atoms with E-state index in [1.807, 2.05) is 36.6 Å². The van der Waals surface area contributed by atoms with Gasteiger partial charge in [-0.1, -0.05) is 12.1 Å². The number of rotatable bonds is 6. The third kappa shape index (κ3) is 4.02. The molecule has 1 atom stereocenters. The number of carbonyl (C=O) groups is 2. The van der Waals surface area contributed by atoms with E-state index in [4.69, 9.17) is 0 Å². The van der Waals surface area contributed by atoms with E-state index >= 15 is 0 Å². The third-order valence-electron chi connectivity index (χ3n) is 4.60. The lowest BCUT2D eigenvalue weighted by atomic mass is 9.89. The van der Waals surface area contributed by atoms with Gasteiger partial charge < -0.3 is 0 Å². The van der Waals surface area contributed by atoms with Gasteiger partial charge in [0.05, 0.1) is 6.07 Å². The first-order valence-corrected chi connectivity index (χ1v) is 9.46. The molecular weight excluding hydrogens is 332 g/mol. The van der Waals surface area contributed by atoms with Gasteiger partial charge >= 0.3 is 0 Å². The average molecular weight is 352 g/mol. The fraction of sp³-hybridized carbons (Fsp3) is 0.400. The SMILES string of the molecule is Cc1csc(C(C#N)C(=O)CCC(=O)c2ccc3c(c2)CCCC3)n1. The number of thiazole rings is 1. The second-order valence-corrected chi connectivity index (χ2v) is 7.36. The summed E-state index contributed by atoms with van der Waals surface area (Å²) < 4.78 is 0. The molecule has 25 heavy (non-hydrogen) atoms. The van der Waals surface area contributed by atoms with E-state index in [1.54, 1.807) is 0 Å². The number of aryl methyl sites for hydroxylation is 3. The van der Waals surface area contributed by atoms with E-state index in [0.717, 1.165) is 18.5 Å². The van der Waals surface area contributed by atoms with E-state index < -0.39 is 5.92 Å². The monoisotopic (exact) mass is 352 g/mol. The number of benzene rings is 1. The van der Waals surface area contributed by atoms with Crippen molar-refractivity contribution in [3.8, 4) is 6.07 Å². The zero-order chi connectivity index (χ0) is 17.8. The van der Waals surface area contributed by atoms with Crippen LogP contribution in [0.3, 0.4) is 0 Å². The fourth-order valence-corrected chi connectivity index (χ4v) is 4.06. The molecule has 1 aliphatic rings. The number of Topliss-reactive ketones (excluding diaryl/α,β-unsaturated/α-hetero) is 2. The van der Waals surface area contributed by atoms with Crippen LogP contribution in [0.15, 0.2) is 23.6 Å². The van der Waals surface area contributed by atoms with Gasteiger partial charge in [0, 0.05) is 29.5 Å². The van der Waals surface area contributed by atoms with Gasteiger partial charge in [-0.05, 0) is 49.8 Å². The zero-order valence-corrected chi connectivity index (χ0v) is 15.1. The molecule has 0 saturated heterocycles. The number of ketones is 2. The molecule has 0 bridgehead atoms. The minimum atomic E-state index is -0.866. The Morgan fingerprint density at radius 1 is 1.24 bits per heavy atom. The highest BCUT2D eigenvalue weighted by molar-refractivity contribution is 7.09. The van der Waals surface area contributed by atoms with Crippen LogP contribution in [-0.4, -0.2) is 16.6 Å². The molecule has 1 aromatic carbocycles. The molecule has 0 amide bonds. The molecule has 5 heteroatoms. The summed E-state index contributed by atoms with van der Waals surface area (Å²) in [6.07, 6.45) is 4.70. The summed E-state index contributed by atoms with van der Waals surface area (Å²) in [5.74, 6) is -1.13. The Morgan fingerprint density at radius 3 is 2.68 bits per heavy atom. The van der Waals surface area contributed by atoms with Gasteiger partial charge in [-0.2, -0.15) is 5.26 Å². The van der Waals surface area contributed by atoms with E-state index in [1.165, 1.54) is 35.3 Å². The lowest BCUT2D eigenvalue weighted by molar-refractivity contribution is -0.119. The minimum absolute atomic E-state index is 0.0336. The van der Waals surface area contributed by atoms with Crippen molar-refractivity contribution in [2.24, 2.45) is 0 Å². The summed E-state index contributed by atoms with van der Waals surface area (Å²) in [4.78, 5) is 29.0. The third-order valence-corrected chi connectivity index (χ3v) is 5.63. The van der Waals surface area contributed by atoms with Gasteiger partial charge in [-0.25, -0.2) is 4.98 Å². The number of nitriles is 1. The van der Waals surface area contributed by atoms with Crippen molar-refractivity contribution in [3.05, 3.63) is 51.0 Å². The van der Waals surface area contributed by atoms with E-state index in [9.17, 15) is 14.9 Å². The summed E-state index contributed by atoms with van der Waals surface area (Å²) >= 11 is 1.32. The standard InChI is InChI=1S/C20H20N2O2S/c1-13-12-25-20(22-13)17(11-21)19(24)9-8-18(23)16-7-6-14-4-2-3-5-15(14)10-16/h6-7,10,12,17H,2-5,8-9H2,1H3. The predicted octanol–water partition coefficient (Wildman–Crippen LogP) is 4.17. The van der Waals surface area contributed by atoms with Crippen LogP contribution >= 0.6 is 11.3 Å². The highest BCUT2D eigenvalue weighted by Gasteiger charge is 2.24. The van der Waals surface area contributed by atoms with Crippen molar-refractivity contribution in [2.75, 3.05) is 0 Å². The first-order chi connectivity index (χ1) is 12.1. The molecule has 128 valence electrons. The number of fused-ring (bicyclic) bond motifs is 1. The van der Waals surface area contributed by atoms with Crippen LogP contribution in [0.4, 0.5) is 0 Å². The summed E-state index contributed by atoms with van der Waals surface area (Å²) in [5.41, 5.74) is 4.07. The smallest absolute Gasteiger partial charge is 0.163 e. The van der Waals surface area contributed by atoms with Crippen LogP contribution < -0.4 is 0 Å². The molecule has 0 spiro atoms. The van der Waals surface area contributed by atoms with E-state index in [2.05, 4.69) is 4.98 Å². The Kier molecular flexibility index (Phi) is 5.40. The van der Waals surface area contributed by atoms with Gasteiger partial charge in [-0.3, -0.25) is 9.59 Å². The molecule has 1 aliphatic carbocycles. The second-order valence-electron chi connectivity index (χ2n) is 6.47. The maximum Gasteiger partial charge on any atom is 0.163 e. The number of carbonyl (C=O) groups excluding carboxylic acids is 2. The Morgan fingerprint density at radius 2 is 2.00 bits per heavy atom. The Labute approximate surface area is 151 Å². The summed E-state index contributed by atoms with van der Waals surface area (Å²) in [6, 6.07) is 7.91. The first-order valence-electron chi connectivity index (χ1n) is 8.58. The molecule has 0 N–H and O–H groups in total. The molecule has 3 rings (SSSR count). The Balaban J connectivity index is 1.63. The van der Waals surface area contributed by atoms with Crippen LogP contribution in [0.5, 0.6) is 0 Å². The summed E-state index contributed by atoms with van der Waals surface area (Å²) in [6.45, 7) is 1.83. The topological polar surface area (TPSA) is 70.8 Å². The Bertz CT molecular complexity index is 848. The van der Waals surface area contributed by atoms with Gasteiger partial charge in [0.2, 0.25) is 0 Å². The van der Waals surface area contributed by atoms with Crippen LogP contribution in [-0.2, 0) is 17.6 Å². The van der Waals surface area contributed by atoms with Crippen molar-refractivity contribution in [3.63, 3.8) is 0 Å². The number of aromatic nitrogens is 1. The van der Waals surface area contributed by atoms with Crippen molar-refractivity contribution >= 4 is 22.9 Å². The van der Waals surface area contributed by atoms with Gasteiger partial charge in [0.15, 0.2) is 17.5 Å². The molecule has 1 unspecified atom stereocenters. The van der Waals surface area contributed by atoms with Crippen LogP contribution in [0.25, 0.3) is 0 Å². The molecule has 0 fully saturated rings. The number of nitrogens with zero attached hydrogens (tertiary/aromatic N) is 2. The first kappa shape index (κ1) is 17.5. The fourth-order valence-electron chi connectivity index (χ4n) is 3.20. The predicted molar refractivity (Wildman–Crippen MR) is 96.9 cm³/mol. The maximum absolute atomic E-state index is 12.4. The summed E-state index contributed by atoms with van der Waals surface area (Å²) in [7, 11) is 0. The molecular formula is C20H20N2O2S. The number of hydrogen-bond acceptors (Lipinski definition) is 5. The molecule has 1 aromatic heterocycles. The molecule has 4 nitrogen and oxygen atoms in total. The molecule has 0 aliphatic heterocycles. The average Bonchev–Trinajstić information content (AvgIpc) is 3.05. The lowest BCUT2D eigenvalue weighted by Crippen LogP contribution is -2.13. The molecule has 0 radical (unpaired) electrons. The van der Waals surface area contributed by atoms with Crippen LogP contribution in [0, 0.1) is 18.3 Å². The summed E-state index contributed by atoms with van der Waals surface area (Å²) in [5, 5.41) is 11.6. The molecule has 2 aromatic rings. The highest BCUT2D eigenvalue weighted by Crippen LogP contribution is 2.25.